The van der Waals surface area contributed by atoms with Crippen molar-refractivity contribution in [3.8, 4) is 0 Å². The predicted molar refractivity (Wildman–Crippen MR) is 96.0 cm³/mol. The first-order valence-electron chi connectivity index (χ1n) is 8.84. The minimum Gasteiger partial charge on any atom is -0.0651 e. The Morgan fingerprint density at radius 1 is 0.857 bits per heavy atom. The third kappa shape index (κ3) is 3.52. The lowest BCUT2D eigenvalue weighted by atomic mass is 9.67. The molecule has 0 nitrogen and oxygen atoms in total. The van der Waals surface area contributed by atoms with Crippen molar-refractivity contribution in [2.24, 2.45) is 11.8 Å². The molecule has 0 saturated carbocycles. The summed E-state index contributed by atoms with van der Waals surface area (Å²) in [6, 6.07) is 9.42. The summed E-state index contributed by atoms with van der Waals surface area (Å²) in [7, 11) is 0. The van der Waals surface area contributed by atoms with Crippen LogP contribution in [0.1, 0.15) is 85.8 Å². The average molecular weight is 289 g/mol. The highest BCUT2D eigenvalue weighted by Gasteiger charge is 2.32. The molecule has 21 heavy (non-hydrogen) atoms. The van der Waals surface area contributed by atoms with Gasteiger partial charge in [0.15, 0.2) is 0 Å². The lowest BCUT2D eigenvalue weighted by molar-refractivity contribution is 0.293. The Kier molecular flexibility index (Phi) is 6.08. The van der Waals surface area contributed by atoms with Crippen molar-refractivity contribution in [2.75, 3.05) is 0 Å². The summed E-state index contributed by atoms with van der Waals surface area (Å²) in [6.45, 7) is 18.9. The van der Waals surface area contributed by atoms with Gasteiger partial charge in [0.2, 0.25) is 0 Å². The highest BCUT2D eigenvalue weighted by atomic mass is 14.4. The van der Waals surface area contributed by atoms with E-state index in [-0.39, 0.29) is 10.8 Å². The Morgan fingerprint density at radius 3 is 1.86 bits per heavy atom. The third-order valence-corrected chi connectivity index (χ3v) is 6.54. The van der Waals surface area contributed by atoms with Crippen molar-refractivity contribution < 1.29 is 0 Å². The van der Waals surface area contributed by atoms with E-state index in [1.807, 2.05) is 0 Å². The lowest BCUT2D eigenvalue weighted by Crippen LogP contribution is -2.31. The van der Waals surface area contributed by atoms with Crippen molar-refractivity contribution in [1.82, 2.24) is 0 Å². The summed E-state index contributed by atoms with van der Waals surface area (Å²) in [5.74, 6) is 1.41. The van der Waals surface area contributed by atoms with E-state index < -0.39 is 0 Å². The summed E-state index contributed by atoms with van der Waals surface area (Å²) in [4.78, 5) is 0. The van der Waals surface area contributed by atoms with Gasteiger partial charge in [0.05, 0.1) is 0 Å². The Balaban J connectivity index is 3.28. The molecule has 0 aromatic heterocycles. The maximum atomic E-state index is 2.49. The van der Waals surface area contributed by atoms with E-state index in [1.54, 1.807) is 0 Å². The maximum absolute atomic E-state index is 2.49. The molecule has 3 atom stereocenters. The molecule has 0 amide bonds. The zero-order chi connectivity index (χ0) is 16.3. The highest BCUT2D eigenvalue weighted by molar-refractivity contribution is 5.34. The molecular weight excluding hydrogens is 252 g/mol. The van der Waals surface area contributed by atoms with E-state index >= 15 is 0 Å². The number of rotatable bonds is 7. The van der Waals surface area contributed by atoms with E-state index in [2.05, 4.69) is 79.7 Å². The molecule has 0 saturated heterocycles. The van der Waals surface area contributed by atoms with Crippen LogP contribution in [0.5, 0.6) is 0 Å². The molecule has 0 aliphatic heterocycles. The molecule has 120 valence electrons. The van der Waals surface area contributed by atoms with Gasteiger partial charge in [0, 0.05) is 0 Å². The first-order valence-corrected chi connectivity index (χ1v) is 8.84. The molecule has 3 unspecified atom stereocenters. The van der Waals surface area contributed by atoms with Crippen LogP contribution in [0.2, 0.25) is 0 Å². The molecule has 0 N–H and O–H groups in total. The Labute approximate surface area is 133 Å². The SMILES string of the molecule is CCC(C)C(C)(C)c1cccc(C(C)(CC)C(C)CC)c1. The van der Waals surface area contributed by atoms with Crippen LogP contribution in [0.4, 0.5) is 0 Å². The molecule has 0 radical (unpaired) electrons. The molecule has 0 bridgehead atoms. The molecule has 0 fully saturated rings. The second-order valence-electron chi connectivity index (χ2n) is 7.69. The lowest BCUT2D eigenvalue weighted by Gasteiger charge is -2.37. The van der Waals surface area contributed by atoms with Gasteiger partial charge < -0.3 is 0 Å². The van der Waals surface area contributed by atoms with Crippen molar-refractivity contribution in [1.29, 1.82) is 0 Å². The molecule has 1 rings (SSSR count). The topological polar surface area (TPSA) is 0 Å². The summed E-state index contributed by atoms with van der Waals surface area (Å²) < 4.78 is 0. The predicted octanol–water partition coefficient (Wildman–Crippen LogP) is 6.72. The van der Waals surface area contributed by atoms with Gasteiger partial charge in [-0.05, 0) is 40.2 Å². The minimum atomic E-state index is 0.245. The first-order chi connectivity index (χ1) is 9.73. The Bertz CT molecular complexity index is 443. The zero-order valence-corrected chi connectivity index (χ0v) is 15.6. The van der Waals surface area contributed by atoms with Crippen molar-refractivity contribution >= 4 is 0 Å². The smallest absolute Gasteiger partial charge is 0.00523 e. The largest absolute Gasteiger partial charge is 0.0651 e. The maximum Gasteiger partial charge on any atom is -0.00523 e. The van der Waals surface area contributed by atoms with Gasteiger partial charge in [-0.15, -0.1) is 0 Å². The van der Waals surface area contributed by atoms with Crippen molar-refractivity contribution in [2.45, 2.75) is 85.5 Å². The minimum absolute atomic E-state index is 0.245. The second-order valence-corrected chi connectivity index (χ2v) is 7.69. The average Bonchev–Trinajstić information content (AvgIpc) is 2.52. The van der Waals surface area contributed by atoms with Gasteiger partial charge in [-0.2, -0.15) is 0 Å². The monoisotopic (exact) mass is 288 g/mol. The van der Waals surface area contributed by atoms with E-state index in [4.69, 9.17) is 0 Å². The zero-order valence-electron chi connectivity index (χ0n) is 15.6. The molecule has 0 spiro atoms. The summed E-state index contributed by atoms with van der Waals surface area (Å²) in [5, 5.41) is 0. The van der Waals surface area contributed by atoms with Crippen LogP contribution in [0.15, 0.2) is 24.3 Å². The number of hydrogen-bond acceptors (Lipinski definition) is 0. The van der Waals surface area contributed by atoms with Gasteiger partial charge in [-0.1, -0.05) is 92.5 Å². The second kappa shape index (κ2) is 6.99. The fourth-order valence-corrected chi connectivity index (χ4v) is 3.36. The quantitative estimate of drug-likeness (QED) is 0.522. The van der Waals surface area contributed by atoms with E-state index in [9.17, 15) is 0 Å². The van der Waals surface area contributed by atoms with Crippen LogP contribution in [0, 0.1) is 11.8 Å². The molecular formula is C21H36. The van der Waals surface area contributed by atoms with Crippen molar-refractivity contribution in [3.63, 3.8) is 0 Å². The Hall–Kier alpha value is -0.780. The summed E-state index contributed by atoms with van der Waals surface area (Å²) in [6.07, 6.45) is 3.67. The van der Waals surface area contributed by atoms with Crippen LogP contribution in [-0.2, 0) is 10.8 Å². The van der Waals surface area contributed by atoms with Gasteiger partial charge >= 0.3 is 0 Å². The fraction of sp³-hybridized carbons (Fsp3) is 0.714. The Morgan fingerprint density at radius 2 is 1.38 bits per heavy atom. The molecule has 0 aliphatic rings. The van der Waals surface area contributed by atoms with Gasteiger partial charge in [-0.3, -0.25) is 0 Å². The standard InChI is InChI=1S/C21H36/c1-9-16(4)20(6,7)18-13-12-14-19(15-18)21(8,11-3)17(5)10-2/h12-17H,9-11H2,1-8H3. The number of benzene rings is 1. The van der Waals surface area contributed by atoms with Crippen LogP contribution in [0.25, 0.3) is 0 Å². The third-order valence-electron chi connectivity index (χ3n) is 6.54. The van der Waals surface area contributed by atoms with Crippen LogP contribution in [-0.4, -0.2) is 0 Å². The van der Waals surface area contributed by atoms with E-state index in [0.717, 1.165) is 0 Å². The normalized spacial score (nSPS) is 18.1. The highest BCUT2D eigenvalue weighted by Crippen LogP contribution is 2.40. The van der Waals surface area contributed by atoms with Crippen LogP contribution < -0.4 is 0 Å². The molecule has 0 heterocycles. The van der Waals surface area contributed by atoms with Gasteiger partial charge in [-0.25, -0.2) is 0 Å². The molecule has 0 heteroatoms. The molecule has 1 aromatic carbocycles. The fourth-order valence-electron chi connectivity index (χ4n) is 3.36. The van der Waals surface area contributed by atoms with Crippen LogP contribution >= 0.6 is 0 Å². The molecule has 0 aliphatic carbocycles. The number of hydrogen-bond donors (Lipinski definition) is 0. The van der Waals surface area contributed by atoms with Gasteiger partial charge in [0.1, 0.15) is 0 Å². The van der Waals surface area contributed by atoms with E-state index in [1.165, 1.54) is 30.4 Å². The summed E-state index contributed by atoms with van der Waals surface area (Å²) in [5.41, 5.74) is 3.55. The van der Waals surface area contributed by atoms with E-state index in [0.29, 0.717) is 11.8 Å². The summed E-state index contributed by atoms with van der Waals surface area (Å²) >= 11 is 0. The van der Waals surface area contributed by atoms with Crippen molar-refractivity contribution in [3.05, 3.63) is 35.4 Å². The van der Waals surface area contributed by atoms with Crippen LogP contribution in [0.3, 0.4) is 0 Å². The molecule has 1 aromatic rings. The first kappa shape index (κ1) is 18.3. The van der Waals surface area contributed by atoms with Gasteiger partial charge in [0.25, 0.3) is 0 Å².